The molecule has 0 bridgehead atoms. The highest BCUT2D eigenvalue weighted by Crippen LogP contribution is 2.30. The zero-order valence-electron chi connectivity index (χ0n) is 16.7. The number of nitrogens with zero attached hydrogens (tertiary/aromatic N) is 5. The first-order chi connectivity index (χ1) is 14.1. The van der Waals surface area contributed by atoms with Gasteiger partial charge < -0.3 is 14.4 Å². The largest absolute Gasteiger partial charge is 0.497 e. The van der Waals surface area contributed by atoms with E-state index in [1.54, 1.807) is 35.3 Å². The molecule has 0 spiro atoms. The summed E-state index contributed by atoms with van der Waals surface area (Å²) in [5.41, 5.74) is 3.72. The lowest BCUT2D eigenvalue weighted by Gasteiger charge is -2.33. The van der Waals surface area contributed by atoms with Crippen LogP contribution >= 0.6 is 0 Å². The van der Waals surface area contributed by atoms with Gasteiger partial charge in [-0.1, -0.05) is 0 Å². The van der Waals surface area contributed by atoms with Crippen molar-refractivity contribution < 1.29 is 14.3 Å². The molecule has 8 heteroatoms. The number of methoxy groups -OCH3 is 1. The first kappa shape index (κ1) is 19.1. The summed E-state index contributed by atoms with van der Waals surface area (Å²) < 4.78 is 12.9. The number of carbonyl (C=O) groups is 1. The third kappa shape index (κ3) is 3.84. The van der Waals surface area contributed by atoms with Crippen LogP contribution in [0.25, 0.3) is 11.3 Å². The van der Waals surface area contributed by atoms with Gasteiger partial charge in [-0.05, 0) is 31.2 Å². The lowest BCUT2D eigenvalue weighted by Crippen LogP contribution is -2.42. The fourth-order valence-electron chi connectivity index (χ4n) is 3.53. The van der Waals surface area contributed by atoms with Gasteiger partial charge in [0, 0.05) is 37.7 Å². The predicted molar refractivity (Wildman–Crippen MR) is 107 cm³/mol. The standard InChI is InChI=1S/C21H23N5O3/c1-14-17(12-25(2)24-14)21(27)26-10-11-29-18(13-26)20-19(22-8-9-23-20)15-4-6-16(28-3)7-5-15/h4-9,12,18H,10-11,13H2,1-3H3/t18-/m0/s1. The zero-order valence-corrected chi connectivity index (χ0v) is 16.7. The van der Waals surface area contributed by atoms with Gasteiger partial charge in [0.1, 0.15) is 11.9 Å². The van der Waals surface area contributed by atoms with Crippen LogP contribution in [0.1, 0.15) is 27.8 Å². The highest BCUT2D eigenvalue weighted by Gasteiger charge is 2.30. The Morgan fingerprint density at radius 2 is 1.97 bits per heavy atom. The average Bonchev–Trinajstić information content (AvgIpc) is 3.11. The molecule has 150 valence electrons. The third-order valence-electron chi connectivity index (χ3n) is 4.99. The smallest absolute Gasteiger partial charge is 0.257 e. The number of hydrogen-bond acceptors (Lipinski definition) is 6. The van der Waals surface area contributed by atoms with E-state index >= 15 is 0 Å². The Morgan fingerprint density at radius 3 is 2.66 bits per heavy atom. The van der Waals surface area contributed by atoms with Crippen LogP contribution in [0.4, 0.5) is 0 Å². The summed E-state index contributed by atoms with van der Waals surface area (Å²) >= 11 is 0. The minimum Gasteiger partial charge on any atom is -0.497 e. The Kier molecular flexibility index (Phi) is 5.26. The molecule has 1 atom stereocenters. The van der Waals surface area contributed by atoms with Crippen molar-refractivity contribution >= 4 is 5.91 Å². The number of hydrogen-bond donors (Lipinski definition) is 0. The Morgan fingerprint density at radius 1 is 1.21 bits per heavy atom. The van der Waals surface area contributed by atoms with Crippen LogP contribution in [0, 0.1) is 6.92 Å². The fraction of sp³-hybridized carbons (Fsp3) is 0.333. The highest BCUT2D eigenvalue weighted by molar-refractivity contribution is 5.95. The third-order valence-corrected chi connectivity index (χ3v) is 4.99. The van der Waals surface area contributed by atoms with Crippen molar-refractivity contribution in [3.63, 3.8) is 0 Å². The van der Waals surface area contributed by atoms with Gasteiger partial charge in [0.2, 0.25) is 0 Å². The van der Waals surface area contributed by atoms with E-state index in [1.807, 2.05) is 38.2 Å². The minimum absolute atomic E-state index is 0.0428. The Hall–Kier alpha value is -3.26. The summed E-state index contributed by atoms with van der Waals surface area (Å²) in [4.78, 5) is 23.9. The second kappa shape index (κ2) is 8.00. The molecule has 1 fully saturated rings. The number of rotatable bonds is 4. The van der Waals surface area contributed by atoms with Crippen LogP contribution in [0.5, 0.6) is 5.75 Å². The van der Waals surface area contributed by atoms with E-state index in [-0.39, 0.29) is 12.0 Å². The van der Waals surface area contributed by atoms with Crippen molar-refractivity contribution in [2.45, 2.75) is 13.0 Å². The van der Waals surface area contributed by atoms with Crippen molar-refractivity contribution in [1.29, 1.82) is 0 Å². The lowest BCUT2D eigenvalue weighted by atomic mass is 10.0. The molecule has 1 amide bonds. The summed E-state index contributed by atoms with van der Waals surface area (Å²) in [6.45, 7) is 3.22. The molecule has 0 aliphatic carbocycles. The SMILES string of the molecule is COc1ccc(-c2nccnc2[C@@H]2CN(C(=O)c3cn(C)nc3C)CCO2)cc1. The first-order valence-corrected chi connectivity index (χ1v) is 9.43. The van der Waals surface area contributed by atoms with Crippen LogP contribution in [0.3, 0.4) is 0 Å². The number of amides is 1. The number of ether oxygens (including phenoxy) is 2. The molecule has 0 saturated carbocycles. The van der Waals surface area contributed by atoms with Crippen LogP contribution in [0.2, 0.25) is 0 Å². The average molecular weight is 393 g/mol. The maximum absolute atomic E-state index is 13.0. The molecule has 0 unspecified atom stereocenters. The topological polar surface area (TPSA) is 82.4 Å². The van der Waals surface area contributed by atoms with Crippen molar-refractivity contribution in [2.75, 3.05) is 26.8 Å². The molecule has 1 aliphatic heterocycles. The summed E-state index contributed by atoms with van der Waals surface area (Å²) in [6.07, 6.45) is 4.72. The van der Waals surface area contributed by atoms with Crippen LogP contribution in [0.15, 0.2) is 42.9 Å². The maximum atomic E-state index is 13.0. The molecular weight excluding hydrogens is 370 g/mol. The monoisotopic (exact) mass is 393 g/mol. The summed E-state index contributed by atoms with van der Waals surface area (Å²) in [6, 6.07) is 7.65. The number of aryl methyl sites for hydroxylation is 2. The van der Waals surface area contributed by atoms with Crippen molar-refractivity contribution in [3.05, 3.63) is 59.8 Å². The quantitative estimate of drug-likeness (QED) is 0.677. The summed E-state index contributed by atoms with van der Waals surface area (Å²) in [7, 11) is 3.45. The van der Waals surface area contributed by atoms with Crippen LogP contribution in [-0.4, -0.2) is 57.4 Å². The second-order valence-electron chi connectivity index (χ2n) is 6.93. The number of aromatic nitrogens is 4. The van der Waals surface area contributed by atoms with Crippen LogP contribution in [-0.2, 0) is 11.8 Å². The molecule has 4 rings (SSSR count). The summed E-state index contributed by atoms with van der Waals surface area (Å²) in [5.74, 6) is 0.732. The Balaban J connectivity index is 1.60. The number of morpholine rings is 1. The van der Waals surface area contributed by atoms with Crippen molar-refractivity contribution in [1.82, 2.24) is 24.6 Å². The maximum Gasteiger partial charge on any atom is 0.257 e. The summed E-state index contributed by atoms with van der Waals surface area (Å²) in [5, 5.41) is 4.28. The fourth-order valence-corrected chi connectivity index (χ4v) is 3.53. The Bertz CT molecular complexity index is 1020. The van der Waals surface area contributed by atoms with E-state index in [0.29, 0.717) is 25.3 Å². The first-order valence-electron chi connectivity index (χ1n) is 9.43. The van der Waals surface area contributed by atoms with E-state index in [4.69, 9.17) is 9.47 Å². The van der Waals surface area contributed by atoms with Gasteiger partial charge >= 0.3 is 0 Å². The predicted octanol–water partition coefficient (Wildman–Crippen LogP) is 2.41. The molecule has 2 aromatic heterocycles. The van der Waals surface area contributed by atoms with E-state index < -0.39 is 0 Å². The highest BCUT2D eigenvalue weighted by atomic mass is 16.5. The van der Waals surface area contributed by atoms with Crippen molar-refractivity contribution in [2.24, 2.45) is 7.05 Å². The van der Waals surface area contributed by atoms with Gasteiger partial charge in [0.15, 0.2) is 0 Å². The van der Waals surface area contributed by atoms with Gasteiger partial charge in [-0.15, -0.1) is 0 Å². The molecule has 0 radical (unpaired) electrons. The van der Waals surface area contributed by atoms with Gasteiger partial charge in [-0.3, -0.25) is 19.4 Å². The molecule has 1 aliphatic rings. The molecule has 29 heavy (non-hydrogen) atoms. The van der Waals surface area contributed by atoms with Crippen molar-refractivity contribution in [3.8, 4) is 17.0 Å². The normalized spacial score (nSPS) is 16.7. The zero-order chi connectivity index (χ0) is 20.4. The van der Waals surface area contributed by atoms with Gasteiger partial charge in [-0.25, -0.2) is 0 Å². The van der Waals surface area contributed by atoms with Crippen LogP contribution < -0.4 is 4.74 Å². The van der Waals surface area contributed by atoms with E-state index in [1.165, 1.54) is 0 Å². The molecule has 0 N–H and O–H groups in total. The molecule has 3 heterocycles. The molecule has 1 saturated heterocycles. The molecule has 3 aromatic rings. The molecule has 8 nitrogen and oxygen atoms in total. The van der Waals surface area contributed by atoms with E-state index in [9.17, 15) is 4.79 Å². The molecular formula is C21H23N5O3. The van der Waals surface area contributed by atoms with Gasteiger partial charge in [0.05, 0.1) is 42.9 Å². The van der Waals surface area contributed by atoms with E-state index in [0.717, 1.165) is 28.4 Å². The Labute approximate surface area is 169 Å². The minimum atomic E-state index is -0.351. The van der Waals surface area contributed by atoms with E-state index in [2.05, 4.69) is 15.1 Å². The van der Waals surface area contributed by atoms with Gasteiger partial charge in [0.25, 0.3) is 5.91 Å². The number of carbonyl (C=O) groups excluding carboxylic acids is 1. The number of benzene rings is 1. The second-order valence-corrected chi connectivity index (χ2v) is 6.93. The lowest BCUT2D eigenvalue weighted by molar-refractivity contribution is -0.0246. The van der Waals surface area contributed by atoms with Gasteiger partial charge in [-0.2, -0.15) is 5.10 Å². The molecule has 1 aromatic carbocycles.